The van der Waals surface area contributed by atoms with Gasteiger partial charge in [-0.25, -0.2) is 0 Å². The van der Waals surface area contributed by atoms with Crippen LogP contribution in [0.4, 0.5) is 0 Å². The number of nitrogens with zero attached hydrogens (tertiary/aromatic N) is 4. The van der Waals surface area contributed by atoms with Crippen LogP contribution < -0.4 is 5.32 Å². The van der Waals surface area contributed by atoms with Crippen molar-refractivity contribution in [3.63, 3.8) is 0 Å². The van der Waals surface area contributed by atoms with Gasteiger partial charge < -0.3 is 19.5 Å². The summed E-state index contributed by atoms with van der Waals surface area (Å²) in [6.45, 7) is 20.8. The minimum Gasteiger partial charge on any atom is -0.383 e. The second kappa shape index (κ2) is 14.1. The van der Waals surface area contributed by atoms with Crippen molar-refractivity contribution in [1.29, 1.82) is 0 Å². The van der Waals surface area contributed by atoms with Crippen molar-refractivity contribution >= 4 is 0 Å². The Morgan fingerprint density at radius 2 is 1.26 bits per heavy atom. The van der Waals surface area contributed by atoms with Crippen molar-refractivity contribution < 1.29 is 14.2 Å². The maximum atomic E-state index is 5.99. The van der Waals surface area contributed by atoms with E-state index in [1.165, 1.54) is 19.5 Å². The van der Waals surface area contributed by atoms with Gasteiger partial charge in [0.05, 0.1) is 33.0 Å². The smallest absolute Gasteiger partial charge is 0.0594 e. The molecular weight excluding hydrogens is 394 g/mol. The van der Waals surface area contributed by atoms with Crippen molar-refractivity contribution in [2.45, 2.75) is 38.4 Å². The Kier molecular flexibility index (Phi) is 11.5. The Hall–Kier alpha value is -0.320. The zero-order valence-electron chi connectivity index (χ0n) is 20.3. The Balaban J connectivity index is 1.15. The summed E-state index contributed by atoms with van der Waals surface area (Å²) in [5.41, 5.74) is 0. The standard InChI is InChI=1S/C23H47N5O3/c1-21(2)24-4-13-30-16-11-27-19-23-18-22(27)20-28(23)12-17-31-15-10-26-7-5-25(6-8-26)9-14-29-3/h21-24H,4-20H2,1-3H3/t22-,23-/m0/s1. The summed E-state index contributed by atoms with van der Waals surface area (Å²) in [7, 11) is 1.78. The summed E-state index contributed by atoms with van der Waals surface area (Å²) in [4.78, 5) is 10.3. The fourth-order valence-electron chi connectivity index (χ4n) is 5.02. The Morgan fingerprint density at radius 3 is 1.77 bits per heavy atom. The predicted molar refractivity (Wildman–Crippen MR) is 125 cm³/mol. The number of rotatable bonds is 16. The molecule has 3 aliphatic rings. The van der Waals surface area contributed by atoms with Gasteiger partial charge in [-0.2, -0.15) is 0 Å². The van der Waals surface area contributed by atoms with E-state index in [1.807, 2.05) is 0 Å². The van der Waals surface area contributed by atoms with E-state index in [2.05, 4.69) is 38.8 Å². The molecule has 182 valence electrons. The third-order valence-corrected chi connectivity index (χ3v) is 6.94. The summed E-state index contributed by atoms with van der Waals surface area (Å²) < 4.78 is 17.0. The van der Waals surface area contributed by atoms with E-state index in [9.17, 15) is 0 Å². The largest absolute Gasteiger partial charge is 0.383 e. The van der Waals surface area contributed by atoms with Crippen LogP contribution in [0.2, 0.25) is 0 Å². The van der Waals surface area contributed by atoms with Crippen LogP contribution >= 0.6 is 0 Å². The van der Waals surface area contributed by atoms with Gasteiger partial charge in [0.25, 0.3) is 0 Å². The highest BCUT2D eigenvalue weighted by Gasteiger charge is 2.42. The van der Waals surface area contributed by atoms with Crippen LogP contribution in [0.15, 0.2) is 0 Å². The normalized spacial score (nSPS) is 25.9. The van der Waals surface area contributed by atoms with Gasteiger partial charge in [-0.15, -0.1) is 0 Å². The molecule has 0 aromatic rings. The maximum Gasteiger partial charge on any atom is 0.0594 e. The first-order valence-electron chi connectivity index (χ1n) is 12.5. The fraction of sp³-hybridized carbons (Fsp3) is 1.00. The van der Waals surface area contributed by atoms with Crippen LogP contribution in [0, 0.1) is 0 Å². The SMILES string of the molecule is COCCN1CCN(CCOCCN2C[C@@H]3C[C@H]2CN3CCOCCNC(C)C)CC1. The van der Waals surface area contributed by atoms with Gasteiger partial charge in [0.2, 0.25) is 0 Å². The molecule has 3 aliphatic heterocycles. The molecule has 2 atom stereocenters. The molecule has 2 bridgehead atoms. The van der Waals surface area contributed by atoms with Gasteiger partial charge in [-0.1, -0.05) is 13.8 Å². The number of hydrogen-bond acceptors (Lipinski definition) is 8. The second-order valence-corrected chi connectivity index (χ2v) is 9.54. The van der Waals surface area contributed by atoms with Gasteiger partial charge >= 0.3 is 0 Å². The highest BCUT2D eigenvalue weighted by molar-refractivity contribution is 4.99. The zero-order valence-corrected chi connectivity index (χ0v) is 20.3. The molecule has 3 fully saturated rings. The number of hydrogen-bond donors (Lipinski definition) is 1. The average molecular weight is 442 g/mol. The minimum absolute atomic E-state index is 0.537. The van der Waals surface area contributed by atoms with Gasteiger partial charge in [0.15, 0.2) is 0 Å². The molecule has 0 radical (unpaired) electrons. The van der Waals surface area contributed by atoms with Crippen molar-refractivity contribution in [3.8, 4) is 0 Å². The number of fused-ring (bicyclic) bond motifs is 2. The Morgan fingerprint density at radius 1 is 0.742 bits per heavy atom. The molecule has 3 saturated heterocycles. The third-order valence-electron chi connectivity index (χ3n) is 6.94. The molecule has 0 unspecified atom stereocenters. The lowest BCUT2D eigenvalue weighted by Crippen LogP contribution is -2.48. The molecule has 8 heteroatoms. The topological polar surface area (TPSA) is 52.7 Å². The van der Waals surface area contributed by atoms with Crippen LogP contribution in [-0.4, -0.2) is 150 Å². The van der Waals surface area contributed by atoms with E-state index in [4.69, 9.17) is 14.2 Å². The summed E-state index contributed by atoms with van der Waals surface area (Å²) in [5.74, 6) is 0. The Labute approximate surface area is 190 Å². The lowest BCUT2D eigenvalue weighted by Gasteiger charge is -2.35. The number of ether oxygens (including phenoxy) is 3. The number of likely N-dealkylation sites (tertiary alicyclic amines) is 2. The molecule has 8 nitrogen and oxygen atoms in total. The number of piperazine rings is 2. The second-order valence-electron chi connectivity index (χ2n) is 9.54. The fourth-order valence-corrected chi connectivity index (χ4v) is 5.02. The van der Waals surface area contributed by atoms with E-state index >= 15 is 0 Å². The van der Waals surface area contributed by atoms with Crippen molar-refractivity contribution in [1.82, 2.24) is 24.9 Å². The molecule has 0 aromatic heterocycles. The molecule has 31 heavy (non-hydrogen) atoms. The number of methoxy groups -OCH3 is 1. The predicted octanol–water partition coefficient (Wildman–Crippen LogP) is 0.0401. The van der Waals surface area contributed by atoms with Crippen LogP contribution in [-0.2, 0) is 14.2 Å². The highest BCUT2D eigenvalue weighted by Crippen LogP contribution is 2.29. The van der Waals surface area contributed by atoms with Crippen molar-refractivity contribution in [2.75, 3.05) is 112 Å². The monoisotopic (exact) mass is 441 g/mol. The van der Waals surface area contributed by atoms with Gasteiger partial charge in [0.1, 0.15) is 0 Å². The van der Waals surface area contributed by atoms with Gasteiger partial charge in [-0.05, 0) is 6.42 Å². The number of nitrogens with one attached hydrogen (secondary N) is 1. The van der Waals surface area contributed by atoms with E-state index in [-0.39, 0.29) is 0 Å². The molecular formula is C23H47N5O3. The minimum atomic E-state index is 0.537. The summed E-state index contributed by atoms with van der Waals surface area (Å²) >= 11 is 0. The lowest BCUT2D eigenvalue weighted by atomic mass is 10.2. The van der Waals surface area contributed by atoms with Crippen LogP contribution in [0.1, 0.15) is 20.3 Å². The molecule has 0 saturated carbocycles. The molecule has 0 aliphatic carbocycles. The summed E-state index contributed by atoms with van der Waals surface area (Å²) in [6, 6.07) is 1.98. The van der Waals surface area contributed by atoms with E-state index < -0.39 is 0 Å². The molecule has 3 rings (SSSR count). The molecule has 3 heterocycles. The molecule has 0 amide bonds. The quantitative estimate of drug-likeness (QED) is 0.337. The average Bonchev–Trinajstić information content (AvgIpc) is 3.35. The lowest BCUT2D eigenvalue weighted by molar-refractivity contribution is 0.0415. The van der Waals surface area contributed by atoms with Crippen LogP contribution in [0.25, 0.3) is 0 Å². The first kappa shape index (κ1) is 25.3. The van der Waals surface area contributed by atoms with E-state index in [0.717, 1.165) is 104 Å². The first-order chi connectivity index (χ1) is 15.2. The maximum absolute atomic E-state index is 5.99. The summed E-state index contributed by atoms with van der Waals surface area (Å²) in [6.07, 6.45) is 1.32. The van der Waals surface area contributed by atoms with E-state index in [0.29, 0.717) is 6.04 Å². The first-order valence-corrected chi connectivity index (χ1v) is 12.5. The van der Waals surface area contributed by atoms with Gasteiger partial charge in [0, 0.05) is 97.2 Å². The van der Waals surface area contributed by atoms with Crippen molar-refractivity contribution in [3.05, 3.63) is 0 Å². The molecule has 0 spiro atoms. The van der Waals surface area contributed by atoms with Crippen LogP contribution in [0.3, 0.4) is 0 Å². The van der Waals surface area contributed by atoms with Crippen molar-refractivity contribution in [2.24, 2.45) is 0 Å². The van der Waals surface area contributed by atoms with Crippen LogP contribution in [0.5, 0.6) is 0 Å². The molecule has 0 aromatic carbocycles. The van der Waals surface area contributed by atoms with E-state index in [1.54, 1.807) is 7.11 Å². The summed E-state index contributed by atoms with van der Waals surface area (Å²) in [5, 5.41) is 3.40. The molecule has 1 N–H and O–H groups in total. The Bertz CT molecular complexity index is 476. The highest BCUT2D eigenvalue weighted by atomic mass is 16.5. The zero-order chi connectivity index (χ0) is 21.9. The third kappa shape index (κ3) is 8.85. The van der Waals surface area contributed by atoms with Gasteiger partial charge in [-0.3, -0.25) is 19.6 Å².